The Kier molecular flexibility index (Phi) is 6.05. The summed E-state index contributed by atoms with van der Waals surface area (Å²) < 4.78 is 14.8. The first-order valence-corrected chi connectivity index (χ1v) is 10.8. The predicted octanol–water partition coefficient (Wildman–Crippen LogP) is 3.57. The summed E-state index contributed by atoms with van der Waals surface area (Å²) in [5.74, 6) is -0.294. The van der Waals surface area contributed by atoms with Crippen molar-refractivity contribution in [3.8, 4) is 11.4 Å². The summed E-state index contributed by atoms with van der Waals surface area (Å²) in [6.45, 7) is 0. The number of phenolic OH excluding ortho intramolecular Hbond substituents is 1. The molecular weight excluding hydrogens is 425 g/mol. The van der Waals surface area contributed by atoms with Crippen molar-refractivity contribution in [3.05, 3.63) is 82.3 Å². The first-order chi connectivity index (χ1) is 14.6. The number of thiophene rings is 1. The number of aromatic hydroxyl groups is 1. The molecule has 0 saturated heterocycles. The summed E-state index contributed by atoms with van der Waals surface area (Å²) in [5, 5.41) is 26.4. The van der Waals surface area contributed by atoms with E-state index in [2.05, 4.69) is 20.8 Å². The fourth-order valence-electron chi connectivity index (χ4n) is 2.79. The molecule has 0 fully saturated rings. The Morgan fingerprint density at radius 1 is 1.17 bits per heavy atom. The number of hydrogen-bond acceptors (Lipinski definition) is 7. The maximum atomic E-state index is 13.3. The molecule has 152 valence electrons. The van der Waals surface area contributed by atoms with Gasteiger partial charge in [-0.1, -0.05) is 30.0 Å². The number of nitrogens with zero attached hydrogens (tertiary/aromatic N) is 4. The third kappa shape index (κ3) is 4.66. The number of benzene rings is 2. The molecule has 1 amide bonds. The third-order valence-electron chi connectivity index (χ3n) is 4.20. The van der Waals surface area contributed by atoms with Crippen LogP contribution in [0.4, 0.5) is 4.39 Å². The molecule has 7 nitrogen and oxygen atoms in total. The summed E-state index contributed by atoms with van der Waals surface area (Å²) in [6.07, 6.45) is 0. The lowest BCUT2D eigenvalue weighted by Crippen LogP contribution is -2.30. The molecule has 10 heteroatoms. The van der Waals surface area contributed by atoms with E-state index < -0.39 is 0 Å². The lowest BCUT2D eigenvalue weighted by Gasteiger charge is -2.18. The van der Waals surface area contributed by atoms with E-state index in [0.717, 1.165) is 10.4 Å². The number of amides is 1. The van der Waals surface area contributed by atoms with Crippen molar-refractivity contribution in [2.45, 2.75) is 11.2 Å². The van der Waals surface area contributed by atoms with E-state index in [4.69, 9.17) is 0 Å². The van der Waals surface area contributed by atoms with Crippen molar-refractivity contribution >= 4 is 29.0 Å². The van der Waals surface area contributed by atoms with E-state index in [1.165, 1.54) is 52.0 Å². The van der Waals surface area contributed by atoms with Gasteiger partial charge < -0.3 is 10.4 Å². The maximum Gasteiger partial charge on any atom is 0.231 e. The lowest BCUT2D eigenvalue weighted by molar-refractivity contribution is -0.119. The average Bonchev–Trinajstić information content (AvgIpc) is 3.44. The average molecular weight is 442 g/mol. The molecule has 4 aromatic rings. The molecule has 2 aromatic heterocycles. The van der Waals surface area contributed by atoms with Gasteiger partial charge in [0.25, 0.3) is 0 Å². The second kappa shape index (κ2) is 9.06. The van der Waals surface area contributed by atoms with E-state index in [0.29, 0.717) is 10.8 Å². The van der Waals surface area contributed by atoms with Gasteiger partial charge in [-0.3, -0.25) is 4.79 Å². The molecule has 1 unspecified atom stereocenters. The van der Waals surface area contributed by atoms with Crippen molar-refractivity contribution in [3.63, 3.8) is 0 Å². The van der Waals surface area contributed by atoms with Gasteiger partial charge in [-0.15, -0.1) is 16.4 Å². The Bertz CT molecular complexity index is 1120. The van der Waals surface area contributed by atoms with Crippen LogP contribution in [0.5, 0.6) is 5.75 Å². The number of carbonyl (C=O) groups is 1. The van der Waals surface area contributed by atoms with Crippen molar-refractivity contribution in [2.24, 2.45) is 0 Å². The monoisotopic (exact) mass is 441 g/mol. The summed E-state index contributed by atoms with van der Waals surface area (Å²) in [6, 6.07) is 16.0. The summed E-state index contributed by atoms with van der Waals surface area (Å²) in [4.78, 5) is 13.6. The van der Waals surface area contributed by atoms with Gasteiger partial charge in [0.2, 0.25) is 11.1 Å². The molecule has 2 N–H and O–H groups in total. The SMILES string of the molecule is O=C(CSc1nnnn1-c1ccc(O)cc1)NC(c1ccc(F)cc1)c1cccs1. The topological polar surface area (TPSA) is 92.9 Å². The molecular formula is C20H16FN5O2S2. The largest absolute Gasteiger partial charge is 0.508 e. The van der Waals surface area contributed by atoms with Crippen molar-refractivity contribution in [1.29, 1.82) is 0 Å². The Morgan fingerprint density at radius 2 is 1.93 bits per heavy atom. The van der Waals surface area contributed by atoms with Gasteiger partial charge in [0.05, 0.1) is 17.5 Å². The first kappa shape index (κ1) is 20.0. The number of nitrogens with one attached hydrogen (secondary N) is 1. The van der Waals surface area contributed by atoms with Crippen LogP contribution in [0, 0.1) is 5.82 Å². The highest BCUT2D eigenvalue weighted by Gasteiger charge is 2.19. The van der Waals surface area contributed by atoms with Crippen LogP contribution in [-0.2, 0) is 4.79 Å². The van der Waals surface area contributed by atoms with Gasteiger partial charge in [0, 0.05) is 4.88 Å². The number of rotatable bonds is 7. The molecule has 0 radical (unpaired) electrons. The first-order valence-electron chi connectivity index (χ1n) is 8.89. The third-order valence-corrected chi connectivity index (χ3v) is 6.06. The zero-order valence-electron chi connectivity index (χ0n) is 15.5. The molecule has 0 bridgehead atoms. The summed E-state index contributed by atoms with van der Waals surface area (Å²) in [5.41, 5.74) is 1.47. The Hall–Kier alpha value is -3.24. The fraction of sp³-hybridized carbons (Fsp3) is 0.100. The number of carbonyl (C=O) groups excluding carboxylic acids is 1. The van der Waals surface area contributed by atoms with Crippen LogP contribution in [0.2, 0.25) is 0 Å². The predicted molar refractivity (Wildman–Crippen MR) is 112 cm³/mol. The van der Waals surface area contributed by atoms with Crippen LogP contribution in [0.3, 0.4) is 0 Å². The molecule has 0 aliphatic carbocycles. The van der Waals surface area contributed by atoms with Crippen molar-refractivity contribution in [2.75, 3.05) is 5.75 Å². The standard InChI is InChI=1S/C20H16FN5O2S2/c21-14-5-3-13(4-6-14)19(17-2-1-11-29-17)22-18(28)12-30-20-23-24-25-26(20)15-7-9-16(27)10-8-15/h1-11,19,27H,12H2,(H,22,28). The number of thioether (sulfide) groups is 1. The fourth-order valence-corrected chi connectivity index (χ4v) is 4.29. The van der Waals surface area contributed by atoms with Gasteiger partial charge in [-0.25, -0.2) is 4.39 Å². The highest BCUT2D eigenvalue weighted by molar-refractivity contribution is 7.99. The van der Waals surface area contributed by atoms with E-state index in [-0.39, 0.29) is 29.3 Å². The minimum atomic E-state index is -0.369. The molecule has 2 aromatic carbocycles. The van der Waals surface area contributed by atoms with Crippen LogP contribution < -0.4 is 5.32 Å². The number of phenols is 1. The second-order valence-corrected chi connectivity index (χ2v) is 8.17. The molecule has 4 rings (SSSR count). The molecule has 1 atom stereocenters. The van der Waals surface area contributed by atoms with E-state index in [1.807, 2.05) is 17.5 Å². The molecule has 0 spiro atoms. The van der Waals surface area contributed by atoms with E-state index in [9.17, 15) is 14.3 Å². The molecule has 0 aliphatic heterocycles. The zero-order valence-corrected chi connectivity index (χ0v) is 17.1. The Labute approximate surface area is 179 Å². The maximum absolute atomic E-state index is 13.3. The number of halogens is 1. The van der Waals surface area contributed by atoms with Gasteiger partial charge in [0.15, 0.2) is 0 Å². The number of hydrogen-bond donors (Lipinski definition) is 2. The van der Waals surface area contributed by atoms with Gasteiger partial charge in [-0.05, 0) is 63.8 Å². The minimum absolute atomic E-state index is 0.0987. The van der Waals surface area contributed by atoms with E-state index in [1.54, 1.807) is 24.3 Å². The summed E-state index contributed by atoms with van der Waals surface area (Å²) in [7, 11) is 0. The van der Waals surface area contributed by atoms with Crippen LogP contribution in [0.1, 0.15) is 16.5 Å². The van der Waals surface area contributed by atoms with Crippen LogP contribution in [-0.4, -0.2) is 37.0 Å². The normalized spacial score (nSPS) is 11.9. The van der Waals surface area contributed by atoms with Gasteiger partial charge in [0.1, 0.15) is 11.6 Å². The molecule has 2 heterocycles. The smallest absolute Gasteiger partial charge is 0.231 e. The van der Waals surface area contributed by atoms with Crippen molar-refractivity contribution < 1.29 is 14.3 Å². The number of aromatic nitrogens is 4. The molecule has 0 aliphatic rings. The summed E-state index contributed by atoms with van der Waals surface area (Å²) >= 11 is 2.71. The second-order valence-electron chi connectivity index (χ2n) is 6.25. The van der Waals surface area contributed by atoms with Crippen LogP contribution in [0.25, 0.3) is 5.69 Å². The van der Waals surface area contributed by atoms with Gasteiger partial charge in [-0.2, -0.15) is 4.68 Å². The van der Waals surface area contributed by atoms with Gasteiger partial charge >= 0.3 is 0 Å². The minimum Gasteiger partial charge on any atom is -0.508 e. The Morgan fingerprint density at radius 3 is 2.63 bits per heavy atom. The van der Waals surface area contributed by atoms with E-state index >= 15 is 0 Å². The molecule has 0 saturated carbocycles. The van der Waals surface area contributed by atoms with Crippen LogP contribution in [0.15, 0.2) is 71.2 Å². The molecule has 30 heavy (non-hydrogen) atoms. The Balaban J connectivity index is 1.46. The highest BCUT2D eigenvalue weighted by Crippen LogP contribution is 2.27. The quantitative estimate of drug-likeness (QED) is 0.426. The van der Waals surface area contributed by atoms with Crippen LogP contribution >= 0.6 is 23.1 Å². The number of tetrazole rings is 1. The lowest BCUT2D eigenvalue weighted by atomic mass is 10.1. The van der Waals surface area contributed by atoms with Crippen molar-refractivity contribution in [1.82, 2.24) is 25.5 Å². The highest BCUT2D eigenvalue weighted by atomic mass is 32.2. The zero-order chi connectivity index (χ0) is 20.9.